The zero-order valence-electron chi connectivity index (χ0n) is 15.0. The number of para-hydroxylation sites is 2. The highest BCUT2D eigenvalue weighted by Crippen LogP contribution is 2.27. The minimum Gasteiger partial charge on any atom is -0.493 e. The van der Waals surface area contributed by atoms with Crippen LogP contribution < -0.4 is 24.4 Å². The minimum atomic E-state index is -0.384. The highest BCUT2D eigenvalue weighted by atomic mass is 16.5. The lowest BCUT2D eigenvalue weighted by Gasteiger charge is -2.09. The maximum absolute atomic E-state index is 11.8. The van der Waals surface area contributed by atoms with Crippen molar-refractivity contribution in [1.82, 2.24) is 5.43 Å². The van der Waals surface area contributed by atoms with Gasteiger partial charge in [0.1, 0.15) is 0 Å². The van der Waals surface area contributed by atoms with Crippen molar-refractivity contribution in [2.24, 2.45) is 5.10 Å². The molecule has 0 radical (unpaired) electrons. The SMILES string of the molecule is CCOc1ccc(/C=N/NC(=O)COc2ccccc2OC)cc1OC. The third-order valence-corrected chi connectivity index (χ3v) is 3.32. The van der Waals surface area contributed by atoms with Crippen molar-refractivity contribution in [1.29, 1.82) is 0 Å². The van der Waals surface area contributed by atoms with E-state index in [4.69, 9.17) is 18.9 Å². The number of methoxy groups -OCH3 is 2. The van der Waals surface area contributed by atoms with Gasteiger partial charge in [-0.3, -0.25) is 4.79 Å². The third kappa shape index (κ3) is 5.41. The lowest BCUT2D eigenvalue weighted by molar-refractivity contribution is -0.123. The van der Waals surface area contributed by atoms with Crippen LogP contribution in [0.3, 0.4) is 0 Å². The molecule has 7 nitrogen and oxygen atoms in total. The number of hydrogen-bond donors (Lipinski definition) is 1. The number of rotatable bonds is 9. The fraction of sp³-hybridized carbons (Fsp3) is 0.263. The van der Waals surface area contributed by atoms with Gasteiger partial charge < -0.3 is 18.9 Å². The van der Waals surface area contributed by atoms with E-state index in [1.54, 1.807) is 37.4 Å². The van der Waals surface area contributed by atoms with Gasteiger partial charge in [0.05, 0.1) is 27.0 Å². The van der Waals surface area contributed by atoms with Gasteiger partial charge >= 0.3 is 0 Å². The summed E-state index contributed by atoms with van der Waals surface area (Å²) in [5, 5.41) is 3.92. The number of nitrogens with zero attached hydrogens (tertiary/aromatic N) is 1. The van der Waals surface area contributed by atoms with Crippen LogP contribution in [0.5, 0.6) is 23.0 Å². The van der Waals surface area contributed by atoms with E-state index >= 15 is 0 Å². The number of hydrogen-bond acceptors (Lipinski definition) is 6. The highest BCUT2D eigenvalue weighted by Gasteiger charge is 2.06. The summed E-state index contributed by atoms with van der Waals surface area (Å²) in [6.07, 6.45) is 1.51. The lowest BCUT2D eigenvalue weighted by atomic mass is 10.2. The average Bonchev–Trinajstić information content (AvgIpc) is 2.67. The number of hydrazone groups is 1. The molecule has 2 aromatic rings. The molecule has 7 heteroatoms. The molecule has 0 aromatic heterocycles. The van der Waals surface area contributed by atoms with Crippen molar-refractivity contribution in [3.63, 3.8) is 0 Å². The molecule has 0 aliphatic heterocycles. The summed E-state index contributed by atoms with van der Waals surface area (Å²) in [6, 6.07) is 12.5. The molecule has 0 spiro atoms. The Hall–Kier alpha value is -3.22. The number of carbonyl (C=O) groups is 1. The Labute approximate surface area is 152 Å². The van der Waals surface area contributed by atoms with E-state index in [-0.39, 0.29) is 12.5 Å². The Balaban J connectivity index is 1.88. The predicted octanol–water partition coefficient (Wildman–Crippen LogP) is 2.63. The van der Waals surface area contributed by atoms with E-state index in [0.717, 1.165) is 5.56 Å². The molecule has 1 N–H and O–H groups in total. The van der Waals surface area contributed by atoms with Gasteiger partial charge in [-0.15, -0.1) is 0 Å². The average molecular weight is 358 g/mol. The van der Waals surface area contributed by atoms with E-state index < -0.39 is 0 Å². The minimum absolute atomic E-state index is 0.176. The number of amides is 1. The van der Waals surface area contributed by atoms with Gasteiger partial charge in [-0.2, -0.15) is 5.10 Å². The molecule has 0 aliphatic rings. The van der Waals surface area contributed by atoms with E-state index in [9.17, 15) is 4.79 Å². The first-order chi connectivity index (χ1) is 12.7. The van der Waals surface area contributed by atoms with Gasteiger partial charge in [-0.25, -0.2) is 5.43 Å². The quantitative estimate of drug-likeness (QED) is 0.551. The van der Waals surface area contributed by atoms with E-state index in [1.165, 1.54) is 13.3 Å². The molecule has 0 aliphatic carbocycles. The first kappa shape index (κ1) is 19.1. The van der Waals surface area contributed by atoms with Crippen molar-refractivity contribution >= 4 is 12.1 Å². The fourth-order valence-corrected chi connectivity index (χ4v) is 2.13. The van der Waals surface area contributed by atoms with Crippen LogP contribution in [0.25, 0.3) is 0 Å². The van der Waals surface area contributed by atoms with Crippen LogP contribution in [0, 0.1) is 0 Å². The van der Waals surface area contributed by atoms with Crippen LogP contribution in [0.2, 0.25) is 0 Å². The van der Waals surface area contributed by atoms with Crippen LogP contribution in [-0.2, 0) is 4.79 Å². The molecule has 2 aromatic carbocycles. The monoisotopic (exact) mass is 358 g/mol. The zero-order valence-corrected chi connectivity index (χ0v) is 15.0. The summed E-state index contributed by atoms with van der Waals surface area (Å²) in [5.41, 5.74) is 3.17. The van der Waals surface area contributed by atoms with Gasteiger partial charge in [0.25, 0.3) is 5.91 Å². The second kappa shape index (κ2) is 9.93. The first-order valence-corrected chi connectivity index (χ1v) is 8.06. The molecule has 1 amide bonds. The number of carbonyl (C=O) groups excluding carboxylic acids is 1. The normalized spacial score (nSPS) is 10.4. The summed E-state index contributed by atoms with van der Waals surface area (Å²) < 4.78 is 21.3. The third-order valence-electron chi connectivity index (χ3n) is 3.32. The van der Waals surface area contributed by atoms with E-state index in [0.29, 0.717) is 29.6 Å². The van der Waals surface area contributed by atoms with Crippen LogP contribution in [0.4, 0.5) is 0 Å². The van der Waals surface area contributed by atoms with Gasteiger partial charge in [0, 0.05) is 0 Å². The Kier molecular flexibility index (Phi) is 7.30. The molecule has 0 bridgehead atoms. The number of benzene rings is 2. The van der Waals surface area contributed by atoms with Crippen molar-refractivity contribution in [2.45, 2.75) is 6.92 Å². The fourth-order valence-electron chi connectivity index (χ4n) is 2.13. The van der Waals surface area contributed by atoms with Crippen LogP contribution >= 0.6 is 0 Å². The molecule has 138 valence electrons. The second-order valence-electron chi connectivity index (χ2n) is 5.08. The zero-order chi connectivity index (χ0) is 18.8. The van der Waals surface area contributed by atoms with Crippen molar-refractivity contribution in [2.75, 3.05) is 27.4 Å². The topological polar surface area (TPSA) is 78.4 Å². The number of ether oxygens (including phenoxy) is 4. The smallest absolute Gasteiger partial charge is 0.277 e. The maximum Gasteiger partial charge on any atom is 0.277 e. The summed E-state index contributed by atoms with van der Waals surface area (Å²) >= 11 is 0. The largest absolute Gasteiger partial charge is 0.493 e. The molecule has 2 rings (SSSR count). The van der Waals surface area contributed by atoms with Gasteiger partial charge in [-0.1, -0.05) is 12.1 Å². The van der Waals surface area contributed by atoms with Crippen molar-refractivity contribution in [3.8, 4) is 23.0 Å². The molecule has 0 fully saturated rings. The first-order valence-electron chi connectivity index (χ1n) is 8.06. The Bertz CT molecular complexity index is 761. The van der Waals surface area contributed by atoms with Crippen LogP contribution in [0.15, 0.2) is 47.6 Å². The van der Waals surface area contributed by atoms with Gasteiger partial charge in [0.15, 0.2) is 29.6 Å². The molecule has 0 saturated carbocycles. The van der Waals surface area contributed by atoms with Crippen molar-refractivity contribution < 1.29 is 23.7 Å². The highest BCUT2D eigenvalue weighted by molar-refractivity contribution is 5.83. The van der Waals surface area contributed by atoms with Crippen LogP contribution in [0.1, 0.15) is 12.5 Å². The Morgan fingerprint density at radius 1 is 1.00 bits per heavy atom. The number of nitrogens with one attached hydrogen (secondary N) is 1. The van der Waals surface area contributed by atoms with Crippen LogP contribution in [-0.4, -0.2) is 39.6 Å². The molecule has 0 heterocycles. The molecular formula is C19H22N2O5. The molecule has 0 atom stereocenters. The Morgan fingerprint density at radius 2 is 1.69 bits per heavy atom. The molecular weight excluding hydrogens is 336 g/mol. The second-order valence-corrected chi connectivity index (χ2v) is 5.08. The summed E-state index contributed by atoms with van der Waals surface area (Å²) in [5.74, 6) is 1.92. The predicted molar refractivity (Wildman–Crippen MR) is 98.4 cm³/mol. The Morgan fingerprint density at radius 3 is 2.38 bits per heavy atom. The van der Waals surface area contributed by atoms with Crippen molar-refractivity contribution in [3.05, 3.63) is 48.0 Å². The standard InChI is InChI=1S/C19H22N2O5/c1-4-25-17-10-9-14(11-18(17)24-3)12-20-21-19(22)13-26-16-8-6-5-7-15(16)23-2/h5-12H,4,13H2,1-3H3,(H,21,22)/b20-12+. The lowest BCUT2D eigenvalue weighted by Crippen LogP contribution is -2.24. The molecule has 0 saturated heterocycles. The van der Waals surface area contributed by atoms with E-state index in [2.05, 4.69) is 10.5 Å². The van der Waals surface area contributed by atoms with Gasteiger partial charge in [0.2, 0.25) is 0 Å². The van der Waals surface area contributed by atoms with Gasteiger partial charge in [-0.05, 0) is 42.8 Å². The molecule has 26 heavy (non-hydrogen) atoms. The maximum atomic E-state index is 11.8. The van der Waals surface area contributed by atoms with E-state index in [1.807, 2.05) is 19.1 Å². The summed E-state index contributed by atoms with van der Waals surface area (Å²) in [4.78, 5) is 11.8. The summed E-state index contributed by atoms with van der Waals surface area (Å²) in [6.45, 7) is 2.27. The summed E-state index contributed by atoms with van der Waals surface area (Å²) in [7, 11) is 3.10. The molecule has 0 unspecified atom stereocenters.